The number of nitrogens with zero attached hydrogens (tertiary/aromatic N) is 5. The number of fused-ring (bicyclic) bond motifs is 1. The Labute approximate surface area is 260 Å². The van der Waals surface area contributed by atoms with E-state index in [1.165, 1.54) is 26.2 Å². The molecule has 4 heterocycles. The van der Waals surface area contributed by atoms with E-state index in [1.807, 2.05) is 24.3 Å². The summed E-state index contributed by atoms with van der Waals surface area (Å²) in [6.07, 6.45) is 2.89. The summed E-state index contributed by atoms with van der Waals surface area (Å²) in [4.78, 5) is 34.3. The summed E-state index contributed by atoms with van der Waals surface area (Å²) < 4.78 is 37.1. The highest BCUT2D eigenvalue weighted by Crippen LogP contribution is 2.45. The van der Waals surface area contributed by atoms with Crippen LogP contribution in [0.15, 0.2) is 81.0 Å². The van der Waals surface area contributed by atoms with E-state index in [0.29, 0.717) is 15.7 Å². The lowest BCUT2D eigenvalue weighted by Crippen LogP contribution is -2.51. The molecule has 14 heteroatoms. The van der Waals surface area contributed by atoms with Crippen LogP contribution in [0.5, 0.6) is 0 Å². The van der Waals surface area contributed by atoms with Crippen LogP contribution in [0.1, 0.15) is 23.0 Å². The molecule has 6 rings (SSSR count). The van der Waals surface area contributed by atoms with E-state index in [-0.39, 0.29) is 61.1 Å². The summed E-state index contributed by atoms with van der Waals surface area (Å²) >= 11 is 16.0. The Balaban J connectivity index is 1.38. The number of amides is 2. The Bertz CT molecular complexity index is 1770. The molecule has 218 valence electrons. The van der Waals surface area contributed by atoms with Gasteiger partial charge in [-0.3, -0.25) is 14.2 Å². The molecule has 0 bridgehead atoms. The van der Waals surface area contributed by atoms with Crippen LogP contribution in [0.3, 0.4) is 0 Å². The summed E-state index contributed by atoms with van der Waals surface area (Å²) in [7, 11) is -4.13. The molecule has 42 heavy (non-hydrogen) atoms. The molecular formula is C28H24BrCl2N5O5S. The fourth-order valence-corrected chi connectivity index (χ4v) is 7.82. The smallest absolute Gasteiger partial charge is 0.289 e. The molecular weight excluding hydrogens is 669 g/mol. The summed E-state index contributed by atoms with van der Waals surface area (Å²) in [5.74, 6) is -0.338. The van der Waals surface area contributed by atoms with E-state index in [9.17, 15) is 18.0 Å². The van der Waals surface area contributed by atoms with Crippen LogP contribution in [0.4, 0.5) is 11.6 Å². The second-order valence-corrected chi connectivity index (χ2v) is 13.9. The van der Waals surface area contributed by atoms with Crippen LogP contribution in [0.25, 0.3) is 0 Å². The molecule has 0 radical (unpaired) electrons. The zero-order valence-corrected chi connectivity index (χ0v) is 26.1. The Morgan fingerprint density at radius 2 is 1.71 bits per heavy atom. The van der Waals surface area contributed by atoms with Crippen LogP contribution >= 0.6 is 39.1 Å². The molecule has 4 aromatic rings. The van der Waals surface area contributed by atoms with E-state index in [4.69, 9.17) is 27.6 Å². The number of imidazole rings is 1. The van der Waals surface area contributed by atoms with Crippen molar-refractivity contribution in [3.8, 4) is 0 Å². The number of aromatic nitrogens is 2. The molecule has 0 aliphatic carbocycles. The van der Waals surface area contributed by atoms with E-state index >= 15 is 0 Å². The van der Waals surface area contributed by atoms with Crippen LogP contribution < -0.4 is 4.90 Å². The molecule has 0 N–H and O–H groups in total. The fourth-order valence-electron chi connectivity index (χ4n) is 5.43. The molecule has 2 aromatic heterocycles. The molecule has 2 aliphatic heterocycles. The van der Waals surface area contributed by atoms with Gasteiger partial charge in [-0.05, 0) is 55.0 Å². The summed E-state index contributed by atoms with van der Waals surface area (Å²) in [5, 5.41) is 0.520. The summed E-state index contributed by atoms with van der Waals surface area (Å²) in [6, 6.07) is 15.4. The summed E-state index contributed by atoms with van der Waals surface area (Å²) in [5.41, 5.74) is -0.153. The lowest BCUT2D eigenvalue weighted by molar-refractivity contribution is -0.124. The van der Waals surface area contributed by atoms with Gasteiger partial charge >= 0.3 is 0 Å². The highest BCUT2D eigenvalue weighted by atomic mass is 79.9. The van der Waals surface area contributed by atoms with E-state index in [2.05, 4.69) is 20.9 Å². The predicted octanol–water partition coefficient (Wildman–Crippen LogP) is 5.33. The second kappa shape index (κ2) is 10.8. The lowest BCUT2D eigenvalue weighted by Gasteiger charge is -2.34. The number of halogens is 3. The maximum atomic E-state index is 14.2. The molecule has 1 unspecified atom stereocenters. The van der Waals surface area contributed by atoms with Crippen molar-refractivity contribution in [2.45, 2.75) is 23.9 Å². The Morgan fingerprint density at radius 1 is 1.05 bits per heavy atom. The lowest BCUT2D eigenvalue weighted by atomic mass is 9.92. The first kappa shape index (κ1) is 28.9. The Hall–Kier alpha value is -3.16. The van der Waals surface area contributed by atoms with Gasteiger partial charge < -0.3 is 9.32 Å². The van der Waals surface area contributed by atoms with Crippen molar-refractivity contribution in [2.24, 2.45) is 0 Å². The average Bonchev–Trinajstić information content (AvgIpc) is 3.69. The second-order valence-electron chi connectivity index (χ2n) is 10.3. The van der Waals surface area contributed by atoms with Gasteiger partial charge in [0.15, 0.2) is 10.8 Å². The van der Waals surface area contributed by atoms with Crippen molar-refractivity contribution in [3.63, 3.8) is 0 Å². The molecule has 1 atom stereocenters. The maximum Gasteiger partial charge on any atom is 0.289 e. The van der Waals surface area contributed by atoms with Gasteiger partial charge in [0.05, 0.1) is 18.1 Å². The first-order valence-electron chi connectivity index (χ1n) is 13.0. The fraction of sp³-hybridized carbons (Fsp3) is 0.250. The quantitative estimate of drug-likeness (QED) is 0.270. The highest BCUT2D eigenvalue weighted by molar-refractivity contribution is 9.10. The third kappa shape index (κ3) is 4.94. The van der Waals surface area contributed by atoms with Gasteiger partial charge in [0.25, 0.3) is 21.8 Å². The number of furan rings is 1. The molecule has 2 amide bonds. The van der Waals surface area contributed by atoms with Gasteiger partial charge in [-0.1, -0.05) is 51.3 Å². The number of hydrogen-bond acceptors (Lipinski definition) is 6. The molecule has 10 nitrogen and oxygen atoms in total. The Morgan fingerprint density at radius 3 is 2.33 bits per heavy atom. The third-order valence-electron chi connectivity index (χ3n) is 7.50. The number of rotatable bonds is 6. The van der Waals surface area contributed by atoms with E-state index in [1.54, 1.807) is 42.2 Å². The minimum atomic E-state index is -4.13. The van der Waals surface area contributed by atoms with Crippen molar-refractivity contribution >= 4 is 72.6 Å². The molecule has 0 spiro atoms. The van der Waals surface area contributed by atoms with Gasteiger partial charge in [-0.2, -0.15) is 4.31 Å². The van der Waals surface area contributed by atoms with Crippen molar-refractivity contribution in [3.05, 3.63) is 92.9 Å². The zero-order valence-electron chi connectivity index (χ0n) is 22.2. The van der Waals surface area contributed by atoms with Crippen molar-refractivity contribution < 1.29 is 22.4 Å². The molecule has 2 aromatic carbocycles. The average molecular weight is 693 g/mol. The highest BCUT2D eigenvalue weighted by Gasteiger charge is 2.52. The van der Waals surface area contributed by atoms with Crippen molar-refractivity contribution in [2.75, 3.05) is 31.1 Å². The summed E-state index contributed by atoms with van der Waals surface area (Å²) in [6.45, 7) is 2.21. The SMILES string of the molecule is CC1(Cc2ccc(Br)cc2)C(=O)N(c2cc(Cl)cc(Cl)c2)c2ncc(S(=O)(=O)N3CCN(C(=O)c4ccco4)CC3)n21. The number of sulfonamides is 1. The molecule has 0 saturated carbocycles. The topological polar surface area (TPSA) is 109 Å². The number of piperazine rings is 1. The third-order valence-corrected chi connectivity index (χ3v) is 10.3. The minimum absolute atomic E-state index is 0.0697. The van der Waals surface area contributed by atoms with Crippen LogP contribution in [-0.2, 0) is 26.8 Å². The Kier molecular flexibility index (Phi) is 7.47. The zero-order chi connectivity index (χ0) is 29.8. The first-order chi connectivity index (χ1) is 20.0. The predicted molar refractivity (Wildman–Crippen MR) is 161 cm³/mol. The van der Waals surface area contributed by atoms with Crippen LogP contribution in [0, 0.1) is 0 Å². The van der Waals surface area contributed by atoms with Gasteiger partial charge in [0, 0.05) is 47.1 Å². The van der Waals surface area contributed by atoms with Crippen molar-refractivity contribution in [1.82, 2.24) is 18.8 Å². The van der Waals surface area contributed by atoms with Gasteiger partial charge in [-0.25, -0.2) is 18.3 Å². The maximum absolute atomic E-state index is 14.2. The number of benzene rings is 2. The molecule has 2 aliphatic rings. The van der Waals surface area contributed by atoms with Crippen LogP contribution in [-0.4, -0.2) is 65.2 Å². The van der Waals surface area contributed by atoms with Crippen LogP contribution in [0.2, 0.25) is 10.0 Å². The molecule has 1 saturated heterocycles. The monoisotopic (exact) mass is 691 g/mol. The largest absolute Gasteiger partial charge is 0.459 e. The standard InChI is InChI=1S/C28H24BrCl2N5O5S/c1-28(16-18-4-6-19(29)7-5-18)26(38)35(22-14-20(30)13-21(31)15-22)27-32-17-24(36(27)28)42(39,40)34-10-8-33(9-11-34)25(37)23-3-2-12-41-23/h2-7,12-15,17H,8-11,16H2,1H3. The van der Waals surface area contributed by atoms with Gasteiger partial charge in [0.1, 0.15) is 5.54 Å². The number of hydrogen-bond donors (Lipinski definition) is 0. The first-order valence-corrected chi connectivity index (χ1v) is 15.9. The van der Waals surface area contributed by atoms with E-state index < -0.39 is 15.6 Å². The normalized spacial score (nSPS) is 19.4. The van der Waals surface area contributed by atoms with E-state index in [0.717, 1.165) is 10.0 Å². The van der Waals surface area contributed by atoms with Crippen molar-refractivity contribution in [1.29, 1.82) is 0 Å². The number of anilines is 2. The molecule has 1 fully saturated rings. The number of carbonyl (C=O) groups is 2. The number of carbonyl (C=O) groups excluding carboxylic acids is 2. The minimum Gasteiger partial charge on any atom is -0.459 e. The van der Waals surface area contributed by atoms with Gasteiger partial charge in [-0.15, -0.1) is 0 Å². The van der Waals surface area contributed by atoms with Gasteiger partial charge in [0.2, 0.25) is 5.95 Å².